The molecule has 0 aromatic carbocycles. The van der Waals surface area contributed by atoms with Gasteiger partial charge in [-0.1, -0.05) is 85.0 Å². The molecule has 4 heteroatoms. The second-order valence-corrected chi connectivity index (χ2v) is 5.78. The molecular formula is C19H39NO3. The van der Waals surface area contributed by atoms with Gasteiger partial charge in [0.2, 0.25) is 5.91 Å². The molecule has 0 heterocycles. The molecule has 0 aliphatic carbocycles. The SMILES string of the molecule is CC.CCCCCCCCCCCCCC(=O)NCCC(=O)O. The molecule has 0 aliphatic heterocycles. The number of unbranched alkanes of at least 4 members (excludes halogenated alkanes) is 10. The lowest BCUT2D eigenvalue weighted by Crippen LogP contribution is -2.25. The standard InChI is InChI=1S/C17H33NO3.C2H6/c1-2-3-4-5-6-7-8-9-10-11-12-13-16(19)18-15-14-17(20)21;1-2/h2-15H2,1H3,(H,18,19)(H,20,21);1-2H3. The quantitative estimate of drug-likeness (QED) is 0.400. The van der Waals surface area contributed by atoms with Crippen molar-refractivity contribution < 1.29 is 14.7 Å². The van der Waals surface area contributed by atoms with E-state index in [1.54, 1.807) is 0 Å². The second-order valence-electron chi connectivity index (χ2n) is 5.78. The fourth-order valence-electron chi connectivity index (χ4n) is 2.35. The molecule has 1 amide bonds. The number of carbonyl (C=O) groups is 2. The molecule has 0 saturated heterocycles. The predicted octanol–water partition coefficient (Wildman–Crippen LogP) is 5.30. The summed E-state index contributed by atoms with van der Waals surface area (Å²) < 4.78 is 0. The van der Waals surface area contributed by atoms with Crippen LogP contribution in [0.5, 0.6) is 0 Å². The van der Waals surface area contributed by atoms with E-state index in [0.717, 1.165) is 12.8 Å². The normalized spacial score (nSPS) is 9.87. The van der Waals surface area contributed by atoms with E-state index in [2.05, 4.69) is 12.2 Å². The Hall–Kier alpha value is -1.06. The van der Waals surface area contributed by atoms with Gasteiger partial charge in [0.15, 0.2) is 0 Å². The van der Waals surface area contributed by atoms with Gasteiger partial charge in [0.1, 0.15) is 0 Å². The molecule has 0 radical (unpaired) electrons. The molecule has 0 atom stereocenters. The lowest BCUT2D eigenvalue weighted by Gasteiger charge is -2.04. The van der Waals surface area contributed by atoms with Crippen LogP contribution in [0, 0.1) is 0 Å². The summed E-state index contributed by atoms with van der Waals surface area (Å²) in [7, 11) is 0. The Labute approximate surface area is 143 Å². The van der Waals surface area contributed by atoms with Crippen LogP contribution in [0.1, 0.15) is 104 Å². The van der Waals surface area contributed by atoms with Crippen LogP contribution in [0.2, 0.25) is 0 Å². The van der Waals surface area contributed by atoms with E-state index >= 15 is 0 Å². The van der Waals surface area contributed by atoms with Crippen LogP contribution >= 0.6 is 0 Å². The number of hydrogen-bond acceptors (Lipinski definition) is 2. The van der Waals surface area contributed by atoms with Crippen LogP contribution in [-0.2, 0) is 9.59 Å². The molecule has 2 N–H and O–H groups in total. The Morgan fingerprint density at radius 2 is 1.17 bits per heavy atom. The molecule has 0 aromatic heterocycles. The molecule has 23 heavy (non-hydrogen) atoms. The third-order valence-corrected chi connectivity index (χ3v) is 3.67. The minimum atomic E-state index is -0.870. The number of rotatable bonds is 15. The average Bonchev–Trinajstić information content (AvgIpc) is 2.54. The van der Waals surface area contributed by atoms with Gasteiger partial charge in [0.05, 0.1) is 6.42 Å². The molecule has 0 unspecified atom stereocenters. The van der Waals surface area contributed by atoms with Crippen molar-refractivity contribution in [2.24, 2.45) is 0 Å². The van der Waals surface area contributed by atoms with Gasteiger partial charge in [0, 0.05) is 13.0 Å². The average molecular weight is 330 g/mol. The predicted molar refractivity (Wildman–Crippen MR) is 97.7 cm³/mol. The Bertz CT molecular complexity index is 267. The lowest BCUT2D eigenvalue weighted by molar-refractivity contribution is -0.136. The van der Waals surface area contributed by atoms with Crippen LogP contribution < -0.4 is 5.32 Å². The third-order valence-electron chi connectivity index (χ3n) is 3.67. The molecular weight excluding hydrogens is 290 g/mol. The highest BCUT2D eigenvalue weighted by molar-refractivity contribution is 5.76. The van der Waals surface area contributed by atoms with Crippen LogP contribution in [0.25, 0.3) is 0 Å². The van der Waals surface area contributed by atoms with E-state index in [9.17, 15) is 9.59 Å². The van der Waals surface area contributed by atoms with Crippen molar-refractivity contribution in [3.05, 3.63) is 0 Å². The lowest BCUT2D eigenvalue weighted by atomic mass is 10.1. The van der Waals surface area contributed by atoms with Crippen molar-refractivity contribution in [3.63, 3.8) is 0 Å². The summed E-state index contributed by atoms with van der Waals surface area (Å²) in [6.45, 7) is 6.48. The first kappa shape index (κ1) is 24.2. The molecule has 0 aliphatic rings. The maximum absolute atomic E-state index is 11.4. The van der Waals surface area contributed by atoms with E-state index in [4.69, 9.17) is 5.11 Å². The van der Waals surface area contributed by atoms with Crippen molar-refractivity contribution in [1.82, 2.24) is 5.32 Å². The maximum Gasteiger partial charge on any atom is 0.305 e. The second kappa shape index (κ2) is 20.9. The zero-order chi connectivity index (χ0) is 17.8. The van der Waals surface area contributed by atoms with Crippen LogP contribution in [-0.4, -0.2) is 23.5 Å². The number of nitrogens with one attached hydrogen (secondary N) is 1. The summed E-state index contributed by atoms with van der Waals surface area (Å²) in [4.78, 5) is 21.7. The van der Waals surface area contributed by atoms with E-state index in [-0.39, 0.29) is 18.9 Å². The van der Waals surface area contributed by atoms with Crippen molar-refractivity contribution in [2.45, 2.75) is 104 Å². The summed E-state index contributed by atoms with van der Waals surface area (Å²) in [6, 6.07) is 0. The molecule has 0 bridgehead atoms. The first-order valence-electron chi connectivity index (χ1n) is 9.65. The largest absolute Gasteiger partial charge is 0.481 e. The molecule has 0 fully saturated rings. The topological polar surface area (TPSA) is 66.4 Å². The molecule has 0 rings (SSSR count). The van der Waals surface area contributed by atoms with E-state index < -0.39 is 5.97 Å². The van der Waals surface area contributed by atoms with E-state index in [0.29, 0.717) is 6.42 Å². The summed E-state index contributed by atoms with van der Waals surface area (Å²) >= 11 is 0. The third kappa shape index (κ3) is 23.3. The number of carboxylic acid groups (broad SMARTS) is 1. The smallest absolute Gasteiger partial charge is 0.305 e. The monoisotopic (exact) mass is 329 g/mol. The number of carbonyl (C=O) groups excluding carboxylic acids is 1. The van der Waals surface area contributed by atoms with E-state index in [1.165, 1.54) is 57.8 Å². The highest BCUT2D eigenvalue weighted by atomic mass is 16.4. The van der Waals surface area contributed by atoms with Gasteiger partial charge in [-0.15, -0.1) is 0 Å². The van der Waals surface area contributed by atoms with Gasteiger partial charge in [-0.2, -0.15) is 0 Å². The van der Waals surface area contributed by atoms with Crippen LogP contribution in [0.15, 0.2) is 0 Å². The number of carboxylic acids is 1. The van der Waals surface area contributed by atoms with Crippen LogP contribution in [0.3, 0.4) is 0 Å². The first-order valence-corrected chi connectivity index (χ1v) is 9.65. The van der Waals surface area contributed by atoms with Gasteiger partial charge in [0.25, 0.3) is 0 Å². The first-order chi connectivity index (χ1) is 11.2. The van der Waals surface area contributed by atoms with Gasteiger partial charge in [-0.25, -0.2) is 0 Å². The molecule has 0 aromatic rings. The van der Waals surface area contributed by atoms with E-state index in [1.807, 2.05) is 13.8 Å². The summed E-state index contributed by atoms with van der Waals surface area (Å²) in [6.07, 6.45) is 14.5. The molecule has 0 saturated carbocycles. The van der Waals surface area contributed by atoms with Gasteiger partial charge >= 0.3 is 5.97 Å². The van der Waals surface area contributed by atoms with Gasteiger partial charge in [-0.05, 0) is 6.42 Å². The van der Waals surface area contributed by atoms with Crippen molar-refractivity contribution >= 4 is 11.9 Å². The summed E-state index contributed by atoms with van der Waals surface area (Å²) in [5, 5.41) is 11.1. The number of hydrogen-bond donors (Lipinski definition) is 2. The van der Waals surface area contributed by atoms with Crippen molar-refractivity contribution in [3.8, 4) is 0 Å². The minimum Gasteiger partial charge on any atom is -0.481 e. The fraction of sp³-hybridized carbons (Fsp3) is 0.895. The number of amides is 1. The fourth-order valence-corrected chi connectivity index (χ4v) is 2.35. The molecule has 138 valence electrons. The summed E-state index contributed by atoms with van der Waals surface area (Å²) in [5.74, 6) is -0.892. The zero-order valence-corrected chi connectivity index (χ0v) is 15.7. The molecule has 4 nitrogen and oxygen atoms in total. The molecule has 0 spiro atoms. The van der Waals surface area contributed by atoms with Gasteiger partial charge in [-0.3, -0.25) is 9.59 Å². The highest BCUT2D eigenvalue weighted by Gasteiger charge is 2.02. The Morgan fingerprint density at radius 1 is 0.739 bits per heavy atom. The highest BCUT2D eigenvalue weighted by Crippen LogP contribution is 2.11. The Kier molecular flexibility index (Phi) is 22.0. The Morgan fingerprint density at radius 3 is 1.61 bits per heavy atom. The van der Waals surface area contributed by atoms with Crippen LogP contribution in [0.4, 0.5) is 0 Å². The Balaban J connectivity index is 0. The van der Waals surface area contributed by atoms with Crippen molar-refractivity contribution in [2.75, 3.05) is 6.54 Å². The maximum atomic E-state index is 11.4. The number of aliphatic carboxylic acids is 1. The van der Waals surface area contributed by atoms with Crippen molar-refractivity contribution in [1.29, 1.82) is 0 Å². The minimum absolute atomic E-state index is 0.00396. The zero-order valence-electron chi connectivity index (χ0n) is 15.7. The summed E-state index contributed by atoms with van der Waals surface area (Å²) in [5.41, 5.74) is 0. The van der Waals surface area contributed by atoms with Gasteiger partial charge < -0.3 is 10.4 Å².